The molecule has 6 heteroatoms. The second kappa shape index (κ2) is 10.5. The summed E-state index contributed by atoms with van der Waals surface area (Å²) in [6.07, 6.45) is 2.19. The van der Waals surface area contributed by atoms with Crippen molar-refractivity contribution in [3.63, 3.8) is 0 Å². The quantitative estimate of drug-likeness (QED) is 0.770. The van der Waals surface area contributed by atoms with Gasteiger partial charge in [0, 0.05) is 39.3 Å². The summed E-state index contributed by atoms with van der Waals surface area (Å²) in [7, 11) is 1.76. The zero-order valence-electron chi connectivity index (χ0n) is 16.2. The van der Waals surface area contributed by atoms with Crippen LogP contribution in [-0.4, -0.2) is 61.8 Å². The fourth-order valence-corrected chi connectivity index (χ4v) is 3.60. The van der Waals surface area contributed by atoms with Crippen molar-refractivity contribution in [2.24, 2.45) is 5.92 Å². The molecule has 1 fully saturated rings. The molecule has 0 radical (unpaired) electrons. The highest BCUT2D eigenvalue weighted by molar-refractivity contribution is 5.73. The van der Waals surface area contributed by atoms with E-state index in [1.165, 1.54) is 12.1 Å². The number of nitrogens with one attached hydrogen (secondary N) is 1. The number of rotatable bonds is 8. The zero-order chi connectivity index (χ0) is 18.9. The monoisotopic (exact) mass is 365 g/mol. The van der Waals surface area contributed by atoms with Gasteiger partial charge in [-0.3, -0.25) is 4.90 Å². The highest BCUT2D eigenvalue weighted by atomic mass is 19.1. The summed E-state index contributed by atoms with van der Waals surface area (Å²) >= 11 is 0. The van der Waals surface area contributed by atoms with Gasteiger partial charge in [-0.2, -0.15) is 0 Å². The Kier molecular flexibility index (Phi) is 8.32. The predicted octanol–water partition coefficient (Wildman–Crippen LogP) is 3.10. The minimum atomic E-state index is -0.264. The standard InChI is InChI=1S/C20H32FN3O2/c1-4-17(5-2)19(24-10-12-26-13-11-24)14-22-20(25)23(3)15-16-6-8-18(21)9-7-16/h6-9,17,19H,4-5,10-15H2,1-3H3,(H,22,25). The molecule has 0 spiro atoms. The Labute approximate surface area is 156 Å². The second-order valence-corrected chi connectivity index (χ2v) is 6.96. The maximum atomic E-state index is 13.0. The lowest BCUT2D eigenvalue weighted by atomic mass is 9.92. The minimum absolute atomic E-state index is 0.0986. The lowest BCUT2D eigenvalue weighted by molar-refractivity contribution is 0.00215. The summed E-state index contributed by atoms with van der Waals surface area (Å²) in [5, 5.41) is 3.09. The zero-order valence-corrected chi connectivity index (χ0v) is 16.2. The first-order valence-corrected chi connectivity index (χ1v) is 9.60. The number of ether oxygens (including phenoxy) is 1. The normalized spacial score (nSPS) is 16.5. The van der Waals surface area contributed by atoms with Gasteiger partial charge in [-0.05, 0) is 23.6 Å². The number of halogens is 1. The van der Waals surface area contributed by atoms with Gasteiger partial charge >= 0.3 is 6.03 Å². The summed E-state index contributed by atoms with van der Waals surface area (Å²) in [6.45, 7) is 8.88. The van der Waals surface area contributed by atoms with E-state index in [1.54, 1.807) is 24.1 Å². The van der Waals surface area contributed by atoms with Gasteiger partial charge < -0.3 is 15.0 Å². The fourth-order valence-electron chi connectivity index (χ4n) is 3.60. The van der Waals surface area contributed by atoms with E-state index in [-0.39, 0.29) is 11.8 Å². The van der Waals surface area contributed by atoms with Crippen LogP contribution in [0.4, 0.5) is 9.18 Å². The fraction of sp³-hybridized carbons (Fsp3) is 0.650. The second-order valence-electron chi connectivity index (χ2n) is 6.96. The summed E-state index contributed by atoms with van der Waals surface area (Å²) in [4.78, 5) is 16.6. The van der Waals surface area contributed by atoms with Gasteiger partial charge in [0.1, 0.15) is 5.82 Å². The smallest absolute Gasteiger partial charge is 0.317 e. The lowest BCUT2D eigenvalue weighted by Crippen LogP contribution is -2.53. The van der Waals surface area contributed by atoms with Gasteiger partial charge in [0.25, 0.3) is 0 Å². The van der Waals surface area contributed by atoms with Crippen molar-refractivity contribution < 1.29 is 13.9 Å². The van der Waals surface area contributed by atoms with Crippen LogP contribution in [-0.2, 0) is 11.3 Å². The number of urea groups is 1. The molecular formula is C20H32FN3O2. The Morgan fingerprint density at radius 3 is 2.42 bits per heavy atom. The molecule has 1 unspecified atom stereocenters. The maximum Gasteiger partial charge on any atom is 0.317 e. The molecule has 1 aliphatic heterocycles. The van der Waals surface area contributed by atoms with Crippen LogP contribution in [0.3, 0.4) is 0 Å². The molecular weight excluding hydrogens is 333 g/mol. The van der Waals surface area contributed by atoms with Gasteiger partial charge in [0.2, 0.25) is 0 Å². The van der Waals surface area contributed by atoms with Crippen LogP contribution in [0.2, 0.25) is 0 Å². The Balaban J connectivity index is 1.90. The minimum Gasteiger partial charge on any atom is -0.379 e. The van der Waals surface area contributed by atoms with E-state index >= 15 is 0 Å². The van der Waals surface area contributed by atoms with Crippen LogP contribution in [0, 0.1) is 11.7 Å². The van der Waals surface area contributed by atoms with Crippen LogP contribution < -0.4 is 5.32 Å². The van der Waals surface area contributed by atoms with E-state index in [1.807, 2.05) is 0 Å². The molecule has 0 aliphatic carbocycles. The van der Waals surface area contributed by atoms with Gasteiger partial charge in [-0.25, -0.2) is 9.18 Å². The largest absolute Gasteiger partial charge is 0.379 e. The van der Waals surface area contributed by atoms with Crippen molar-refractivity contribution in [3.8, 4) is 0 Å². The van der Waals surface area contributed by atoms with Gasteiger partial charge in [0.15, 0.2) is 0 Å². The van der Waals surface area contributed by atoms with Crippen molar-refractivity contribution >= 4 is 6.03 Å². The molecule has 1 aromatic carbocycles. The molecule has 146 valence electrons. The first-order valence-electron chi connectivity index (χ1n) is 9.60. The summed E-state index contributed by atoms with van der Waals surface area (Å²) in [5.41, 5.74) is 0.911. The van der Waals surface area contributed by atoms with Crippen LogP contribution in [0.25, 0.3) is 0 Å². The summed E-state index contributed by atoms with van der Waals surface area (Å²) in [5.74, 6) is 0.287. The van der Waals surface area contributed by atoms with Gasteiger partial charge in [0.05, 0.1) is 13.2 Å². The molecule has 1 aromatic rings. The number of amides is 2. The molecule has 1 aliphatic rings. The molecule has 2 rings (SSSR count). The predicted molar refractivity (Wildman–Crippen MR) is 102 cm³/mol. The molecule has 26 heavy (non-hydrogen) atoms. The Morgan fingerprint density at radius 1 is 1.23 bits per heavy atom. The molecule has 0 bridgehead atoms. The third-order valence-corrected chi connectivity index (χ3v) is 5.25. The number of benzene rings is 1. The molecule has 0 aromatic heterocycles. The molecule has 1 N–H and O–H groups in total. The first-order chi connectivity index (χ1) is 12.5. The highest BCUT2D eigenvalue weighted by Gasteiger charge is 2.27. The van der Waals surface area contributed by atoms with Crippen molar-refractivity contribution in [2.45, 2.75) is 39.3 Å². The molecule has 1 heterocycles. The topological polar surface area (TPSA) is 44.8 Å². The van der Waals surface area contributed by atoms with Crippen molar-refractivity contribution in [1.82, 2.24) is 15.1 Å². The van der Waals surface area contributed by atoms with E-state index in [0.29, 0.717) is 25.0 Å². The van der Waals surface area contributed by atoms with Crippen molar-refractivity contribution in [1.29, 1.82) is 0 Å². The average molecular weight is 365 g/mol. The van der Waals surface area contributed by atoms with Crippen molar-refractivity contribution in [2.75, 3.05) is 39.9 Å². The lowest BCUT2D eigenvalue weighted by Gasteiger charge is -2.39. The molecule has 1 atom stereocenters. The Bertz CT molecular complexity index is 542. The molecule has 1 saturated heterocycles. The third-order valence-electron chi connectivity index (χ3n) is 5.25. The number of morpholine rings is 1. The molecule has 2 amide bonds. The first kappa shape index (κ1) is 20.6. The van der Waals surface area contributed by atoms with Crippen LogP contribution in [0.5, 0.6) is 0 Å². The van der Waals surface area contributed by atoms with Gasteiger partial charge in [-0.15, -0.1) is 0 Å². The van der Waals surface area contributed by atoms with Crippen LogP contribution in [0.1, 0.15) is 32.3 Å². The SMILES string of the molecule is CCC(CC)C(CNC(=O)N(C)Cc1ccc(F)cc1)N1CCOCC1. The highest BCUT2D eigenvalue weighted by Crippen LogP contribution is 2.19. The van der Waals surface area contributed by atoms with E-state index < -0.39 is 0 Å². The summed E-state index contributed by atoms with van der Waals surface area (Å²) in [6, 6.07) is 6.49. The van der Waals surface area contributed by atoms with Crippen molar-refractivity contribution in [3.05, 3.63) is 35.6 Å². The molecule has 0 saturated carbocycles. The number of hydrogen-bond donors (Lipinski definition) is 1. The number of nitrogens with zero attached hydrogens (tertiary/aromatic N) is 2. The number of hydrogen-bond acceptors (Lipinski definition) is 3. The average Bonchev–Trinajstić information content (AvgIpc) is 2.67. The van der Waals surface area contributed by atoms with Crippen LogP contribution in [0.15, 0.2) is 24.3 Å². The third kappa shape index (κ3) is 5.95. The Hall–Kier alpha value is -1.66. The van der Waals surface area contributed by atoms with Gasteiger partial charge in [-0.1, -0.05) is 38.8 Å². The Morgan fingerprint density at radius 2 is 1.85 bits per heavy atom. The number of carbonyl (C=O) groups excluding carboxylic acids is 1. The van der Waals surface area contributed by atoms with E-state index in [2.05, 4.69) is 24.1 Å². The van der Waals surface area contributed by atoms with E-state index in [0.717, 1.165) is 44.7 Å². The number of carbonyl (C=O) groups is 1. The molecule has 5 nitrogen and oxygen atoms in total. The van der Waals surface area contributed by atoms with E-state index in [4.69, 9.17) is 4.74 Å². The summed E-state index contributed by atoms with van der Waals surface area (Å²) < 4.78 is 18.5. The maximum absolute atomic E-state index is 13.0. The van der Waals surface area contributed by atoms with E-state index in [9.17, 15) is 9.18 Å². The van der Waals surface area contributed by atoms with Crippen LogP contribution >= 0.6 is 0 Å².